The number of amides is 1. The molecular weight excluding hydrogens is 259 g/mol. The molecule has 1 atom stereocenters. The molecule has 1 aliphatic rings. The Bertz CT molecular complexity index is 392. The van der Waals surface area contributed by atoms with Crippen LogP contribution in [0.1, 0.15) is 40.0 Å². The van der Waals surface area contributed by atoms with Crippen molar-refractivity contribution in [2.45, 2.75) is 57.3 Å². The SMILES string of the molecule is C#CC1(CC(F)(F)F)CCCN1C(=O)OC(C)(C)C. The number of terminal acetylenes is 1. The first-order valence-electron chi connectivity index (χ1n) is 6.04. The number of hydrogen-bond donors (Lipinski definition) is 0. The maximum absolute atomic E-state index is 12.6. The summed E-state index contributed by atoms with van der Waals surface area (Å²) in [7, 11) is 0. The van der Waals surface area contributed by atoms with Crippen LogP contribution in [0.25, 0.3) is 0 Å². The van der Waals surface area contributed by atoms with Crippen molar-refractivity contribution in [3.05, 3.63) is 0 Å². The van der Waals surface area contributed by atoms with E-state index < -0.39 is 29.8 Å². The lowest BCUT2D eigenvalue weighted by Crippen LogP contribution is -2.50. The van der Waals surface area contributed by atoms with E-state index in [1.807, 2.05) is 0 Å². The minimum atomic E-state index is -4.42. The van der Waals surface area contributed by atoms with E-state index in [0.29, 0.717) is 6.42 Å². The molecule has 19 heavy (non-hydrogen) atoms. The van der Waals surface area contributed by atoms with Crippen molar-refractivity contribution < 1.29 is 22.7 Å². The van der Waals surface area contributed by atoms with E-state index >= 15 is 0 Å². The summed E-state index contributed by atoms with van der Waals surface area (Å²) in [4.78, 5) is 13.0. The summed E-state index contributed by atoms with van der Waals surface area (Å²) in [5.74, 6) is 2.16. The number of ether oxygens (including phenoxy) is 1. The van der Waals surface area contributed by atoms with Crippen molar-refractivity contribution in [3.8, 4) is 12.3 Å². The van der Waals surface area contributed by atoms with Gasteiger partial charge in [0.15, 0.2) is 0 Å². The highest BCUT2D eigenvalue weighted by molar-refractivity contribution is 5.70. The van der Waals surface area contributed by atoms with Gasteiger partial charge in [-0.15, -0.1) is 6.42 Å². The van der Waals surface area contributed by atoms with Crippen molar-refractivity contribution in [3.63, 3.8) is 0 Å². The Hall–Kier alpha value is -1.38. The van der Waals surface area contributed by atoms with Crippen LogP contribution in [0.15, 0.2) is 0 Å². The average molecular weight is 277 g/mol. The Labute approximate surface area is 111 Å². The molecular formula is C13H18F3NO2. The van der Waals surface area contributed by atoms with E-state index in [0.717, 1.165) is 4.90 Å². The normalized spacial score (nSPS) is 24.2. The van der Waals surface area contributed by atoms with Gasteiger partial charge in [0.05, 0.1) is 6.42 Å². The van der Waals surface area contributed by atoms with E-state index in [2.05, 4.69) is 5.92 Å². The second-order valence-electron chi connectivity index (χ2n) is 5.70. The molecule has 0 aromatic rings. The van der Waals surface area contributed by atoms with Gasteiger partial charge in [0.25, 0.3) is 0 Å². The Morgan fingerprint density at radius 3 is 2.42 bits per heavy atom. The third-order valence-electron chi connectivity index (χ3n) is 2.86. The van der Waals surface area contributed by atoms with Crippen LogP contribution in [0.3, 0.4) is 0 Å². The lowest BCUT2D eigenvalue weighted by Gasteiger charge is -2.35. The Morgan fingerprint density at radius 2 is 2.00 bits per heavy atom. The summed E-state index contributed by atoms with van der Waals surface area (Å²) < 4.78 is 43.0. The fourth-order valence-corrected chi connectivity index (χ4v) is 2.18. The second-order valence-corrected chi connectivity index (χ2v) is 5.70. The fourth-order valence-electron chi connectivity index (χ4n) is 2.18. The number of carbonyl (C=O) groups is 1. The quantitative estimate of drug-likeness (QED) is 0.688. The average Bonchev–Trinajstić information content (AvgIpc) is 2.56. The largest absolute Gasteiger partial charge is 0.444 e. The summed E-state index contributed by atoms with van der Waals surface area (Å²) in [5.41, 5.74) is -2.38. The van der Waals surface area contributed by atoms with Gasteiger partial charge in [-0.2, -0.15) is 13.2 Å². The molecule has 1 unspecified atom stereocenters. The summed E-state index contributed by atoms with van der Waals surface area (Å²) in [6.07, 6.45) is -0.550. The molecule has 108 valence electrons. The molecule has 1 heterocycles. The summed E-state index contributed by atoms with van der Waals surface area (Å²) in [6.45, 7) is 5.15. The van der Waals surface area contributed by atoms with E-state index in [1.54, 1.807) is 20.8 Å². The van der Waals surface area contributed by atoms with Gasteiger partial charge in [-0.25, -0.2) is 4.79 Å². The van der Waals surface area contributed by atoms with Gasteiger partial charge < -0.3 is 4.74 Å². The standard InChI is InChI=1S/C13H18F3NO2/c1-5-12(9-13(14,15)16)7-6-8-17(12)10(18)19-11(2,3)4/h1H,6-9H2,2-4H3. The van der Waals surface area contributed by atoms with Crippen LogP contribution in [0.2, 0.25) is 0 Å². The van der Waals surface area contributed by atoms with Gasteiger partial charge in [-0.05, 0) is 33.6 Å². The fraction of sp³-hybridized carbons (Fsp3) is 0.769. The zero-order chi connectivity index (χ0) is 14.9. The maximum Gasteiger partial charge on any atom is 0.411 e. The van der Waals surface area contributed by atoms with Crippen molar-refractivity contribution in [2.75, 3.05) is 6.54 Å². The lowest BCUT2D eigenvalue weighted by atomic mass is 9.93. The van der Waals surface area contributed by atoms with Crippen LogP contribution < -0.4 is 0 Å². The Morgan fingerprint density at radius 1 is 1.42 bits per heavy atom. The highest BCUT2D eigenvalue weighted by Gasteiger charge is 2.50. The third-order valence-corrected chi connectivity index (χ3v) is 2.86. The van der Waals surface area contributed by atoms with Gasteiger partial charge in [-0.3, -0.25) is 4.90 Å². The maximum atomic E-state index is 12.6. The molecule has 0 bridgehead atoms. The molecule has 1 rings (SSSR count). The molecule has 0 aromatic heterocycles. The Kier molecular flexibility index (Phi) is 4.08. The molecule has 1 amide bonds. The van der Waals surface area contributed by atoms with E-state index in [4.69, 9.17) is 11.2 Å². The number of alkyl halides is 3. The van der Waals surface area contributed by atoms with Crippen molar-refractivity contribution in [2.24, 2.45) is 0 Å². The summed E-state index contributed by atoms with van der Waals surface area (Å²) in [5, 5.41) is 0. The van der Waals surface area contributed by atoms with E-state index in [1.165, 1.54) is 0 Å². The van der Waals surface area contributed by atoms with Gasteiger partial charge >= 0.3 is 12.3 Å². The Balaban J connectivity index is 2.93. The number of nitrogens with zero attached hydrogens (tertiary/aromatic N) is 1. The van der Waals surface area contributed by atoms with Crippen molar-refractivity contribution >= 4 is 6.09 Å². The minimum absolute atomic E-state index is 0.141. The molecule has 3 nitrogen and oxygen atoms in total. The van der Waals surface area contributed by atoms with Crippen LogP contribution in [-0.2, 0) is 4.74 Å². The molecule has 1 saturated heterocycles. The minimum Gasteiger partial charge on any atom is -0.444 e. The van der Waals surface area contributed by atoms with E-state index in [9.17, 15) is 18.0 Å². The second kappa shape index (κ2) is 4.95. The van der Waals surface area contributed by atoms with Gasteiger partial charge in [0.1, 0.15) is 11.1 Å². The lowest BCUT2D eigenvalue weighted by molar-refractivity contribution is -0.151. The first kappa shape index (κ1) is 15.7. The van der Waals surface area contributed by atoms with Gasteiger partial charge in [0.2, 0.25) is 0 Å². The van der Waals surface area contributed by atoms with Crippen LogP contribution in [0.4, 0.5) is 18.0 Å². The van der Waals surface area contributed by atoms with E-state index in [-0.39, 0.29) is 13.0 Å². The number of hydrogen-bond acceptors (Lipinski definition) is 2. The molecule has 1 fully saturated rings. The molecule has 0 aromatic carbocycles. The van der Waals surface area contributed by atoms with Gasteiger partial charge in [-0.1, -0.05) is 5.92 Å². The smallest absolute Gasteiger partial charge is 0.411 e. The number of carbonyl (C=O) groups excluding carboxylic acids is 1. The molecule has 6 heteroatoms. The molecule has 0 spiro atoms. The predicted molar refractivity (Wildman–Crippen MR) is 64.4 cm³/mol. The molecule has 0 saturated carbocycles. The third kappa shape index (κ3) is 4.05. The van der Waals surface area contributed by atoms with Crippen LogP contribution in [0.5, 0.6) is 0 Å². The molecule has 0 radical (unpaired) electrons. The van der Waals surface area contributed by atoms with Crippen molar-refractivity contribution in [1.82, 2.24) is 4.90 Å². The highest BCUT2D eigenvalue weighted by Crippen LogP contribution is 2.39. The number of halogens is 3. The van der Waals surface area contributed by atoms with Crippen LogP contribution in [-0.4, -0.2) is 34.9 Å². The van der Waals surface area contributed by atoms with Crippen LogP contribution in [0, 0.1) is 12.3 Å². The molecule has 0 N–H and O–H groups in total. The molecule has 0 aliphatic carbocycles. The number of likely N-dealkylation sites (tertiary alicyclic amines) is 1. The van der Waals surface area contributed by atoms with Crippen LogP contribution >= 0.6 is 0 Å². The summed E-state index contributed by atoms with van der Waals surface area (Å²) >= 11 is 0. The topological polar surface area (TPSA) is 29.5 Å². The van der Waals surface area contributed by atoms with Crippen molar-refractivity contribution in [1.29, 1.82) is 0 Å². The first-order chi connectivity index (χ1) is 8.49. The monoisotopic (exact) mass is 277 g/mol. The zero-order valence-corrected chi connectivity index (χ0v) is 11.3. The molecule has 1 aliphatic heterocycles. The van der Waals surface area contributed by atoms with Gasteiger partial charge in [0, 0.05) is 6.54 Å². The number of rotatable bonds is 1. The first-order valence-corrected chi connectivity index (χ1v) is 6.04. The zero-order valence-electron chi connectivity index (χ0n) is 11.3. The highest BCUT2D eigenvalue weighted by atomic mass is 19.4. The summed E-state index contributed by atoms with van der Waals surface area (Å²) in [6, 6.07) is 0. The predicted octanol–water partition coefficient (Wildman–Crippen LogP) is 3.34.